The third kappa shape index (κ3) is 3.80. The number of halogens is 2. The highest BCUT2D eigenvalue weighted by atomic mass is 19.1. The van der Waals surface area contributed by atoms with E-state index in [1.54, 1.807) is 24.3 Å². The molecule has 0 unspecified atom stereocenters. The van der Waals surface area contributed by atoms with Gasteiger partial charge >= 0.3 is 0 Å². The van der Waals surface area contributed by atoms with Crippen LogP contribution in [0.4, 0.5) is 14.5 Å². The summed E-state index contributed by atoms with van der Waals surface area (Å²) < 4.78 is 27.2. The minimum atomic E-state index is -0.556. The van der Waals surface area contributed by atoms with Gasteiger partial charge in [0, 0.05) is 18.7 Å². The van der Waals surface area contributed by atoms with E-state index in [0.29, 0.717) is 24.3 Å². The van der Waals surface area contributed by atoms with E-state index in [1.807, 2.05) is 25.1 Å². The molecule has 0 heterocycles. The summed E-state index contributed by atoms with van der Waals surface area (Å²) >= 11 is 0. The number of benzene rings is 2. The van der Waals surface area contributed by atoms with E-state index in [9.17, 15) is 8.78 Å². The lowest BCUT2D eigenvalue weighted by molar-refractivity contribution is 0.392. The molecule has 3 nitrogen and oxygen atoms in total. The largest absolute Gasteiger partial charge is 0.380 e. The molecule has 0 aromatic heterocycles. The Bertz CT molecular complexity index is 706. The quantitative estimate of drug-likeness (QED) is 0.918. The maximum absolute atomic E-state index is 13.7. The second kappa shape index (κ2) is 7.01. The van der Waals surface area contributed by atoms with Gasteiger partial charge in [-0.05, 0) is 43.9 Å². The minimum Gasteiger partial charge on any atom is -0.380 e. The number of anilines is 1. The fourth-order valence-corrected chi connectivity index (χ4v) is 2.18. The van der Waals surface area contributed by atoms with Crippen LogP contribution in [0.25, 0.3) is 0 Å². The van der Waals surface area contributed by atoms with Crippen LogP contribution in [0.2, 0.25) is 0 Å². The molecule has 0 radical (unpaired) electrons. The van der Waals surface area contributed by atoms with Gasteiger partial charge in [0.1, 0.15) is 23.3 Å². The van der Waals surface area contributed by atoms with Gasteiger partial charge in [0.25, 0.3) is 0 Å². The molecule has 1 N–H and O–H groups in total. The van der Waals surface area contributed by atoms with E-state index >= 15 is 0 Å². The molecule has 0 aliphatic rings. The van der Waals surface area contributed by atoms with Crippen LogP contribution in [-0.2, 0) is 13.1 Å². The molecule has 2 aromatic rings. The van der Waals surface area contributed by atoms with Crippen LogP contribution >= 0.6 is 0 Å². The Morgan fingerprint density at radius 1 is 1.14 bits per heavy atom. The molecule has 0 saturated carbocycles. The molecule has 0 fully saturated rings. The predicted molar refractivity (Wildman–Crippen MR) is 82.2 cm³/mol. The highest BCUT2D eigenvalue weighted by Gasteiger charge is 2.08. The third-order valence-corrected chi connectivity index (χ3v) is 3.21. The molecule has 22 heavy (non-hydrogen) atoms. The summed E-state index contributed by atoms with van der Waals surface area (Å²) in [6, 6.07) is 11.1. The lowest BCUT2D eigenvalue weighted by Gasteiger charge is -2.13. The van der Waals surface area contributed by atoms with Gasteiger partial charge < -0.3 is 10.2 Å². The first-order valence-electron chi connectivity index (χ1n) is 6.85. The van der Waals surface area contributed by atoms with Crippen LogP contribution in [0.1, 0.15) is 16.7 Å². The first-order chi connectivity index (χ1) is 10.5. The predicted octanol–water partition coefficient (Wildman–Crippen LogP) is 3.51. The lowest BCUT2D eigenvalue weighted by Crippen LogP contribution is -2.12. The number of nitriles is 1. The Hall–Kier alpha value is -2.45. The molecule has 114 valence electrons. The molecule has 0 spiro atoms. The van der Waals surface area contributed by atoms with Gasteiger partial charge in [0.2, 0.25) is 0 Å². The molecule has 0 atom stereocenters. The van der Waals surface area contributed by atoms with E-state index in [1.165, 1.54) is 12.1 Å². The van der Waals surface area contributed by atoms with E-state index < -0.39 is 5.82 Å². The van der Waals surface area contributed by atoms with Crippen LogP contribution in [0.3, 0.4) is 0 Å². The Kier molecular flexibility index (Phi) is 5.08. The van der Waals surface area contributed by atoms with E-state index in [-0.39, 0.29) is 11.4 Å². The molecule has 2 rings (SSSR count). The summed E-state index contributed by atoms with van der Waals surface area (Å²) in [6.07, 6.45) is 0. The van der Waals surface area contributed by atoms with Gasteiger partial charge in [-0.2, -0.15) is 5.26 Å². The fraction of sp³-hybridized carbons (Fsp3) is 0.235. The number of nitrogens with zero attached hydrogens (tertiary/aromatic N) is 2. The number of nitrogens with one attached hydrogen (secondary N) is 1. The van der Waals surface area contributed by atoms with Crippen molar-refractivity contribution in [3.63, 3.8) is 0 Å². The van der Waals surface area contributed by atoms with Crippen molar-refractivity contribution in [2.75, 3.05) is 19.4 Å². The van der Waals surface area contributed by atoms with E-state index in [0.717, 1.165) is 5.56 Å². The molecule has 2 aromatic carbocycles. The number of hydrogen-bond acceptors (Lipinski definition) is 3. The van der Waals surface area contributed by atoms with Crippen molar-refractivity contribution >= 4 is 5.69 Å². The topological polar surface area (TPSA) is 39.1 Å². The second-order valence-corrected chi connectivity index (χ2v) is 5.29. The molecular formula is C17H17F2N3. The summed E-state index contributed by atoms with van der Waals surface area (Å²) in [7, 11) is 3.74. The van der Waals surface area contributed by atoms with Crippen molar-refractivity contribution in [1.29, 1.82) is 5.26 Å². The van der Waals surface area contributed by atoms with Crippen molar-refractivity contribution < 1.29 is 8.78 Å². The molecular weight excluding hydrogens is 284 g/mol. The average molecular weight is 301 g/mol. The van der Waals surface area contributed by atoms with Crippen LogP contribution in [0, 0.1) is 23.0 Å². The second-order valence-electron chi connectivity index (χ2n) is 5.29. The molecule has 0 amide bonds. The number of hydrogen-bond donors (Lipinski definition) is 1. The summed E-state index contributed by atoms with van der Waals surface area (Å²) in [5.41, 5.74) is 1.88. The molecule has 0 aliphatic heterocycles. The summed E-state index contributed by atoms with van der Waals surface area (Å²) in [5.74, 6) is -0.805. The van der Waals surface area contributed by atoms with Gasteiger partial charge in [-0.1, -0.05) is 12.1 Å². The standard InChI is InChI=1S/C17H17F2N3/c1-22(2)11-13-8-12(6-7-15(13)18)10-21-17-5-3-4-16(19)14(17)9-20/h3-8,21H,10-11H2,1-2H3. The maximum Gasteiger partial charge on any atom is 0.143 e. The minimum absolute atomic E-state index is 0.0156. The average Bonchev–Trinajstić information content (AvgIpc) is 2.47. The van der Waals surface area contributed by atoms with Crippen LogP contribution < -0.4 is 5.32 Å². The van der Waals surface area contributed by atoms with Crippen LogP contribution in [0.5, 0.6) is 0 Å². The zero-order valence-corrected chi connectivity index (χ0v) is 12.5. The summed E-state index contributed by atoms with van der Waals surface area (Å²) in [4.78, 5) is 1.88. The van der Waals surface area contributed by atoms with Gasteiger partial charge in [-0.3, -0.25) is 0 Å². The number of rotatable bonds is 5. The summed E-state index contributed by atoms with van der Waals surface area (Å²) in [5, 5.41) is 12.0. The van der Waals surface area contributed by atoms with Gasteiger partial charge in [0.15, 0.2) is 0 Å². The van der Waals surface area contributed by atoms with E-state index in [4.69, 9.17) is 5.26 Å². The Labute approximate surface area is 128 Å². The molecule has 5 heteroatoms. The molecule has 0 aliphatic carbocycles. The van der Waals surface area contributed by atoms with Crippen molar-refractivity contribution in [3.05, 3.63) is 64.7 Å². The first kappa shape index (κ1) is 15.9. The fourth-order valence-electron chi connectivity index (χ4n) is 2.18. The monoisotopic (exact) mass is 301 g/mol. The van der Waals surface area contributed by atoms with E-state index in [2.05, 4.69) is 5.32 Å². The third-order valence-electron chi connectivity index (χ3n) is 3.21. The maximum atomic E-state index is 13.7. The van der Waals surface area contributed by atoms with Gasteiger partial charge in [-0.25, -0.2) is 8.78 Å². The van der Waals surface area contributed by atoms with Crippen molar-refractivity contribution in [3.8, 4) is 6.07 Å². The summed E-state index contributed by atoms with van der Waals surface area (Å²) in [6.45, 7) is 0.891. The van der Waals surface area contributed by atoms with Crippen LogP contribution in [-0.4, -0.2) is 19.0 Å². The molecule has 0 saturated heterocycles. The Morgan fingerprint density at radius 2 is 1.91 bits per heavy atom. The van der Waals surface area contributed by atoms with Crippen molar-refractivity contribution in [2.45, 2.75) is 13.1 Å². The van der Waals surface area contributed by atoms with Crippen LogP contribution in [0.15, 0.2) is 36.4 Å². The SMILES string of the molecule is CN(C)Cc1cc(CNc2cccc(F)c2C#N)ccc1F. The smallest absolute Gasteiger partial charge is 0.143 e. The first-order valence-corrected chi connectivity index (χ1v) is 6.85. The normalized spacial score (nSPS) is 10.5. The molecule has 0 bridgehead atoms. The highest BCUT2D eigenvalue weighted by Crippen LogP contribution is 2.19. The van der Waals surface area contributed by atoms with Gasteiger partial charge in [0.05, 0.1) is 5.69 Å². The zero-order chi connectivity index (χ0) is 16.1. The van der Waals surface area contributed by atoms with Crippen molar-refractivity contribution in [1.82, 2.24) is 4.90 Å². The van der Waals surface area contributed by atoms with Gasteiger partial charge in [-0.15, -0.1) is 0 Å². The zero-order valence-electron chi connectivity index (χ0n) is 12.5. The lowest BCUT2D eigenvalue weighted by atomic mass is 10.1. The Balaban J connectivity index is 2.16. The Morgan fingerprint density at radius 3 is 2.59 bits per heavy atom. The highest BCUT2D eigenvalue weighted by molar-refractivity contribution is 5.58. The van der Waals surface area contributed by atoms with Crippen molar-refractivity contribution in [2.24, 2.45) is 0 Å².